The zero-order valence-corrected chi connectivity index (χ0v) is 18.0. The summed E-state index contributed by atoms with van der Waals surface area (Å²) in [6.07, 6.45) is 11.2. The average Bonchev–Trinajstić information content (AvgIpc) is 2.99. The third kappa shape index (κ3) is 2.98. The van der Waals surface area contributed by atoms with E-state index in [4.69, 9.17) is 10.5 Å². The van der Waals surface area contributed by atoms with E-state index < -0.39 is 6.04 Å². The molecule has 0 bridgehead atoms. The van der Waals surface area contributed by atoms with Crippen LogP contribution in [0.4, 0.5) is 0 Å². The number of Topliss-reactive ketones (excluding diaryl/α,β-unsaturated/α-hetero) is 1. The highest BCUT2D eigenvalue weighted by atomic mass is 16.5. The van der Waals surface area contributed by atoms with Gasteiger partial charge in [-0.25, -0.2) is 0 Å². The summed E-state index contributed by atoms with van der Waals surface area (Å²) in [5, 5.41) is 0. The molecule has 0 aromatic heterocycles. The molecule has 3 fully saturated rings. The molecule has 4 rings (SSSR count). The van der Waals surface area contributed by atoms with Gasteiger partial charge in [0.1, 0.15) is 17.9 Å². The second-order valence-corrected chi connectivity index (χ2v) is 10.6. The van der Waals surface area contributed by atoms with E-state index in [0.717, 1.165) is 32.1 Å². The van der Waals surface area contributed by atoms with Gasteiger partial charge in [0.25, 0.3) is 0 Å². The van der Waals surface area contributed by atoms with E-state index in [9.17, 15) is 9.59 Å². The number of ketones is 1. The van der Waals surface area contributed by atoms with Crippen LogP contribution < -0.4 is 5.73 Å². The Morgan fingerprint density at radius 1 is 1.14 bits per heavy atom. The molecule has 4 nitrogen and oxygen atoms in total. The summed E-state index contributed by atoms with van der Waals surface area (Å²) < 4.78 is 5.67. The van der Waals surface area contributed by atoms with Crippen LogP contribution in [0.1, 0.15) is 79.1 Å². The zero-order chi connectivity index (χ0) is 20.3. The number of nitrogens with two attached hydrogens (primary N) is 1. The summed E-state index contributed by atoms with van der Waals surface area (Å²) in [4.78, 5) is 24.2. The van der Waals surface area contributed by atoms with Crippen molar-refractivity contribution >= 4 is 11.8 Å². The van der Waals surface area contributed by atoms with Crippen LogP contribution in [0.15, 0.2) is 11.6 Å². The fourth-order valence-corrected chi connectivity index (χ4v) is 7.67. The third-order valence-electron chi connectivity index (χ3n) is 9.20. The Labute approximate surface area is 169 Å². The van der Waals surface area contributed by atoms with Crippen LogP contribution in [0.2, 0.25) is 0 Å². The van der Waals surface area contributed by atoms with Crippen LogP contribution in [-0.4, -0.2) is 23.9 Å². The minimum Gasteiger partial charge on any atom is -0.461 e. The van der Waals surface area contributed by atoms with Gasteiger partial charge in [-0.15, -0.1) is 0 Å². The fourth-order valence-electron chi connectivity index (χ4n) is 7.67. The molecule has 8 atom stereocenters. The van der Waals surface area contributed by atoms with Crippen molar-refractivity contribution in [1.29, 1.82) is 0 Å². The van der Waals surface area contributed by atoms with Gasteiger partial charge in [0.15, 0.2) is 0 Å². The van der Waals surface area contributed by atoms with Crippen LogP contribution in [-0.2, 0) is 14.3 Å². The van der Waals surface area contributed by atoms with Gasteiger partial charge in [0.05, 0.1) is 0 Å². The van der Waals surface area contributed by atoms with Gasteiger partial charge >= 0.3 is 5.97 Å². The molecule has 0 aromatic rings. The lowest BCUT2D eigenvalue weighted by Gasteiger charge is -2.58. The number of allylic oxidation sites excluding steroid dienone is 1. The minimum absolute atomic E-state index is 0.0168. The van der Waals surface area contributed by atoms with Crippen molar-refractivity contribution in [2.75, 3.05) is 0 Å². The largest absolute Gasteiger partial charge is 0.461 e. The number of rotatable bonds is 3. The summed E-state index contributed by atoms with van der Waals surface area (Å²) in [5.74, 6) is 2.49. The molecule has 0 heterocycles. The molecule has 4 aliphatic rings. The molecule has 0 aliphatic heterocycles. The van der Waals surface area contributed by atoms with Crippen molar-refractivity contribution in [3.05, 3.63) is 11.6 Å². The number of carbonyl (C=O) groups excluding carboxylic acids is 2. The van der Waals surface area contributed by atoms with E-state index in [0.29, 0.717) is 23.5 Å². The van der Waals surface area contributed by atoms with Gasteiger partial charge in [-0.3, -0.25) is 9.59 Å². The van der Waals surface area contributed by atoms with Crippen molar-refractivity contribution in [3.8, 4) is 0 Å². The minimum atomic E-state index is -0.550. The molecule has 2 N–H and O–H groups in total. The number of hydrogen-bond donors (Lipinski definition) is 1. The lowest BCUT2D eigenvalue weighted by Crippen LogP contribution is -2.51. The van der Waals surface area contributed by atoms with Crippen molar-refractivity contribution in [3.63, 3.8) is 0 Å². The second kappa shape index (κ2) is 6.97. The lowest BCUT2D eigenvalue weighted by atomic mass is 9.47. The van der Waals surface area contributed by atoms with E-state index >= 15 is 0 Å². The first-order valence-corrected chi connectivity index (χ1v) is 11.3. The first kappa shape index (κ1) is 20.1. The highest BCUT2D eigenvalue weighted by molar-refractivity contribution is 5.79. The summed E-state index contributed by atoms with van der Waals surface area (Å²) in [7, 11) is 0. The van der Waals surface area contributed by atoms with E-state index in [-0.39, 0.29) is 28.8 Å². The van der Waals surface area contributed by atoms with Gasteiger partial charge in [0.2, 0.25) is 0 Å². The molecular weight excluding hydrogens is 350 g/mol. The lowest BCUT2D eigenvalue weighted by molar-refractivity contribution is -0.152. The smallest absolute Gasteiger partial charge is 0.322 e. The molecule has 4 heteroatoms. The van der Waals surface area contributed by atoms with E-state index in [2.05, 4.69) is 19.9 Å². The summed E-state index contributed by atoms with van der Waals surface area (Å²) in [6, 6.07) is -0.550. The topological polar surface area (TPSA) is 69.4 Å². The monoisotopic (exact) mass is 387 g/mol. The summed E-state index contributed by atoms with van der Waals surface area (Å²) >= 11 is 0. The highest BCUT2D eigenvalue weighted by Crippen LogP contribution is 2.66. The fraction of sp³-hybridized carbons (Fsp3) is 0.833. The number of fused-ring (bicyclic) bond motifs is 5. The molecule has 0 aromatic carbocycles. The maximum atomic E-state index is 12.3. The maximum absolute atomic E-state index is 12.3. The first-order valence-electron chi connectivity index (χ1n) is 11.3. The van der Waals surface area contributed by atoms with E-state index in [1.165, 1.54) is 24.8 Å². The Bertz CT molecular complexity index is 698. The number of esters is 1. The predicted octanol–water partition coefficient (Wildman–Crippen LogP) is 4.41. The maximum Gasteiger partial charge on any atom is 0.322 e. The van der Waals surface area contributed by atoms with Crippen LogP contribution in [0.3, 0.4) is 0 Å². The molecule has 156 valence electrons. The number of carbonyl (C=O) groups is 2. The van der Waals surface area contributed by atoms with Crippen molar-refractivity contribution in [2.24, 2.45) is 40.2 Å². The molecule has 3 unspecified atom stereocenters. The van der Waals surface area contributed by atoms with Crippen molar-refractivity contribution in [2.45, 2.75) is 91.2 Å². The SMILES string of the molecule is CC(=O)[C@H]1CCC2C3CC=C4C[C@@H](OC(=O)[C@H](C)N)CC[C@]4(C)C3CC[C@@]21C. The molecule has 4 aliphatic carbocycles. The van der Waals surface area contributed by atoms with Crippen LogP contribution >= 0.6 is 0 Å². The molecule has 3 saturated carbocycles. The van der Waals surface area contributed by atoms with Crippen LogP contribution in [0.5, 0.6) is 0 Å². The van der Waals surface area contributed by atoms with Gasteiger partial charge in [-0.1, -0.05) is 25.5 Å². The Morgan fingerprint density at radius 2 is 1.89 bits per heavy atom. The van der Waals surface area contributed by atoms with Crippen LogP contribution in [0, 0.1) is 34.5 Å². The summed E-state index contributed by atoms with van der Waals surface area (Å²) in [5.41, 5.74) is 7.63. The van der Waals surface area contributed by atoms with Crippen LogP contribution in [0.25, 0.3) is 0 Å². The molecular formula is C24H37NO3. The first-order chi connectivity index (χ1) is 13.2. The molecule has 0 saturated heterocycles. The quantitative estimate of drug-likeness (QED) is 0.575. The number of hydrogen-bond acceptors (Lipinski definition) is 4. The Kier molecular flexibility index (Phi) is 5.01. The average molecular weight is 388 g/mol. The van der Waals surface area contributed by atoms with E-state index in [1.54, 1.807) is 13.8 Å². The highest BCUT2D eigenvalue weighted by Gasteiger charge is 2.59. The molecule has 0 spiro atoms. The Balaban J connectivity index is 1.54. The van der Waals surface area contributed by atoms with Crippen molar-refractivity contribution in [1.82, 2.24) is 0 Å². The van der Waals surface area contributed by atoms with Gasteiger partial charge < -0.3 is 10.5 Å². The zero-order valence-electron chi connectivity index (χ0n) is 18.0. The van der Waals surface area contributed by atoms with E-state index in [1.807, 2.05) is 0 Å². The predicted molar refractivity (Wildman–Crippen MR) is 109 cm³/mol. The molecule has 0 radical (unpaired) electrons. The Morgan fingerprint density at radius 3 is 2.57 bits per heavy atom. The third-order valence-corrected chi connectivity index (χ3v) is 9.20. The molecule has 28 heavy (non-hydrogen) atoms. The number of ether oxygens (including phenoxy) is 1. The van der Waals surface area contributed by atoms with Gasteiger partial charge in [-0.05, 0) is 87.4 Å². The van der Waals surface area contributed by atoms with Crippen molar-refractivity contribution < 1.29 is 14.3 Å². The van der Waals surface area contributed by atoms with Gasteiger partial charge in [-0.2, -0.15) is 0 Å². The Hall–Kier alpha value is -1.16. The standard InChI is InChI=1S/C24H37NO3/c1-14(25)22(27)28-17-9-11-23(3)16(13-17)5-6-18-20-8-7-19(15(2)26)24(20,4)12-10-21(18)23/h5,14,17-21H,6-13,25H2,1-4H3/t14-,17-,18?,19+,20?,21?,23-,24+/m0/s1. The normalized spacial score (nSPS) is 45.9. The molecule has 0 amide bonds. The summed E-state index contributed by atoms with van der Waals surface area (Å²) in [6.45, 7) is 8.35. The van der Waals surface area contributed by atoms with Gasteiger partial charge in [0, 0.05) is 12.3 Å². The second-order valence-electron chi connectivity index (χ2n) is 10.6.